The van der Waals surface area contributed by atoms with E-state index in [4.69, 9.17) is 21.3 Å². The Kier molecular flexibility index (Phi) is 7.44. The van der Waals surface area contributed by atoms with Crippen LogP contribution < -0.4 is 10.1 Å². The molecular formula is C23H27ClN4O. The summed E-state index contributed by atoms with van der Waals surface area (Å²) < 4.78 is 5.18. The van der Waals surface area contributed by atoms with Gasteiger partial charge in [-0.2, -0.15) is 0 Å². The summed E-state index contributed by atoms with van der Waals surface area (Å²) in [7, 11) is 1.66. The predicted molar refractivity (Wildman–Crippen MR) is 119 cm³/mol. The van der Waals surface area contributed by atoms with Crippen molar-refractivity contribution in [1.82, 2.24) is 14.9 Å². The van der Waals surface area contributed by atoms with Crippen molar-refractivity contribution in [3.63, 3.8) is 0 Å². The first kappa shape index (κ1) is 21.1. The van der Waals surface area contributed by atoms with E-state index in [9.17, 15) is 0 Å². The maximum atomic E-state index is 6.09. The van der Waals surface area contributed by atoms with Gasteiger partial charge in [-0.05, 0) is 42.0 Å². The third-order valence-electron chi connectivity index (χ3n) is 4.65. The van der Waals surface area contributed by atoms with Gasteiger partial charge in [0.2, 0.25) is 5.95 Å². The molecule has 1 aliphatic heterocycles. The van der Waals surface area contributed by atoms with Crippen LogP contribution in [0.15, 0.2) is 54.7 Å². The molecule has 0 radical (unpaired) electrons. The first-order valence-corrected chi connectivity index (χ1v) is 10.3. The number of benzene rings is 2. The van der Waals surface area contributed by atoms with Crippen LogP contribution in [0.5, 0.6) is 5.75 Å². The first-order valence-electron chi connectivity index (χ1n) is 9.92. The van der Waals surface area contributed by atoms with Gasteiger partial charge < -0.3 is 10.1 Å². The quantitative estimate of drug-likeness (QED) is 0.604. The lowest BCUT2D eigenvalue weighted by Crippen LogP contribution is -2.31. The van der Waals surface area contributed by atoms with Crippen molar-refractivity contribution < 1.29 is 4.74 Å². The van der Waals surface area contributed by atoms with Gasteiger partial charge in [-0.15, -0.1) is 0 Å². The zero-order valence-corrected chi connectivity index (χ0v) is 17.9. The molecule has 3 aromatic rings. The first-order chi connectivity index (χ1) is 14.2. The molecule has 0 saturated heterocycles. The third kappa shape index (κ3) is 5.68. The molecule has 0 fully saturated rings. The Morgan fingerprint density at radius 1 is 1.14 bits per heavy atom. The molecule has 0 unspecified atom stereocenters. The number of nitrogens with one attached hydrogen (secondary N) is 1. The molecule has 0 bridgehead atoms. The van der Waals surface area contributed by atoms with Gasteiger partial charge in [0.1, 0.15) is 5.75 Å². The molecule has 1 aromatic heterocycles. The monoisotopic (exact) mass is 410 g/mol. The Hall–Kier alpha value is -2.63. The predicted octanol–water partition coefficient (Wildman–Crippen LogP) is 5.47. The van der Waals surface area contributed by atoms with Crippen LogP contribution in [0.4, 0.5) is 11.6 Å². The Labute approximate surface area is 177 Å². The van der Waals surface area contributed by atoms with E-state index in [1.54, 1.807) is 7.11 Å². The maximum absolute atomic E-state index is 6.09. The molecule has 0 atom stereocenters. The van der Waals surface area contributed by atoms with Gasteiger partial charge in [0.05, 0.1) is 12.8 Å². The van der Waals surface area contributed by atoms with E-state index in [-0.39, 0.29) is 0 Å². The van der Waals surface area contributed by atoms with Crippen molar-refractivity contribution >= 4 is 23.2 Å². The molecule has 0 amide bonds. The molecule has 0 aliphatic carbocycles. The van der Waals surface area contributed by atoms with Crippen molar-refractivity contribution in [1.29, 1.82) is 0 Å². The molecule has 4 rings (SSSR count). The summed E-state index contributed by atoms with van der Waals surface area (Å²) in [6.07, 6.45) is 2.84. The number of aromatic nitrogens is 2. The van der Waals surface area contributed by atoms with Crippen LogP contribution in [0.1, 0.15) is 30.7 Å². The number of fused-ring (bicyclic) bond motifs is 1. The number of halogens is 1. The van der Waals surface area contributed by atoms with Gasteiger partial charge in [0, 0.05) is 48.5 Å². The number of hydrogen-bond acceptors (Lipinski definition) is 5. The topological polar surface area (TPSA) is 50.3 Å². The van der Waals surface area contributed by atoms with Gasteiger partial charge >= 0.3 is 0 Å². The number of rotatable bonds is 5. The number of nitrogens with zero attached hydrogens (tertiary/aromatic N) is 3. The number of hydrogen-bond donors (Lipinski definition) is 1. The van der Waals surface area contributed by atoms with Crippen LogP contribution in [-0.4, -0.2) is 28.5 Å². The van der Waals surface area contributed by atoms with E-state index in [2.05, 4.69) is 21.3 Å². The summed E-state index contributed by atoms with van der Waals surface area (Å²) in [4.78, 5) is 11.6. The van der Waals surface area contributed by atoms with Crippen molar-refractivity contribution in [2.45, 2.75) is 33.4 Å². The zero-order valence-electron chi connectivity index (χ0n) is 17.2. The standard InChI is InChI=1S/C21H21ClN4O.C2H6/c1-27-19-7-5-18(6-8-19)24-21-23-12-16-14-26(10-9-20(16)25-21)13-15-3-2-4-17(22)11-15;1-2/h2-8,11-12H,9-10,13-14H2,1H3,(H,23,24,25);1-2H3. The Morgan fingerprint density at radius 3 is 2.66 bits per heavy atom. The fourth-order valence-corrected chi connectivity index (χ4v) is 3.48. The van der Waals surface area contributed by atoms with E-state index in [0.717, 1.165) is 48.2 Å². The summed E-state index contributed by atoms with van der Waals surface area (Å²) in [6, 6.07) is 15.8. The molecule has 152 valence electrons. The summed E-state index contributed by atoms with van der Waals surface area (Å²) in [6.45, 7) is 6.70. The molecule has 1 N–H and O–H groups in total. The summed E-state index contributed by atoms with van der Waals surface area (Å²) in [5.74, 6) is 1.45. The van der Waals surface area contributed by atoms with Gasteiger partial charge in [-0.3, -0.25) is 4.90 Å². The van der Waals surface area contributed by atoms with E-state index in [1.807, 2.05) is 62.5 Å². The van der Waals surface area contributed by atoms with E-state index >= 15 is 0 Å². The highest BCUT2D eigenvalue weighted by Gasteiger charge is 2.18. The zero-order chi connectivity index (χ0) is 20.6. The Balaban J connectivity index is 0.00000117. The largest absolute Gasteiger partial charge is 0.497 e. The smallest absolute Gasteiger partial charge is 0.227 e. The van der Waals surface area contributed by atoms with Crippen LogP contribution in [0, 0.1) is 0 Å². The normalized spacial score (nSPS) is 13.1. The second-order valence-corrected chi connectivity index (χ2v) is 7.05. The van der Waals surface area contributed by atoms with Gasteiger partial charge in [-0.1, -0.05) is 37.6 Å². The van der Waals surface area contributed by atoms with E-state index < -0.39 is 0 Å². The second kappa shape index (κ2) is 10.2. The molecule has 5 nitrogen and oxygen atoms in total. The van der Waals surface area contributed by atoms with E-state index in [0.29, 0.717) is 5.95 Å². The average Bonchev–Trinajstić information content (AvgIpc) is 2.76. The maximum Gasteiger partial charge on any atom is 0.227 e. The molecule has 1 aliphatic rings. The number of methoxy groups -OCH3 is 1. The average molecular weight is 411 g/mol. The van der Waals surface area contributed by atoms with E-state index in [1.165, 1.54) is 11.1 Å². The molecule has 2 heterocycles. The molecule has 0 spiro atoms. The molecule has 2 aromatic carbocycles. The van der Waals surface area contributed by atoms with Crippen molar-refractivity contribution in [3.8, 4) is 5.75 Å². The molecule has 6 heteroatoms. The summed E-state index contributed by atoms with van der Waals surface area (Å²) in [5.41, 5.74) is 4.46. The summed E-state index contributed by atoms with van der Waals surface area (Å²) >= 11 is 6.09. The van der Waals surface area contributed by atoms with Gasteiger partial charge in [0.15, 0.2) is 0 Å². The molecule has 0 saturated carbocycles. The lowest BCUT2D eigenvalue weighted by Gasteiger charge is -2.28. The number of ether oxygens (including phenoxy) is 1. The fourth-order valence-electron chi connectivity index (χ4n) is 3.27. The number of anilines is 2. The van der Waals surface area contributed by atoms with Gasteiger partial charge in [0.25, 0.3) is 0 Å². The fraction of sp³-hybridized carbons (Fsp3) is 0.304. The molecule has 29 heavy (non-hydrogen) atoms. The minimum atomic E-state index is 0.627. The minimum absolute atomic E-state index is 0.627. The highest BCUT2D eigenvalue weighted by atomic mass is 35.5. The van der Waals surface area contributed by atoms with Crippen LogP contribution in [0.2, 0.25) is 5.02 Å². The minimum Gasteiger partial charge on any atom is -0.497 e. The third-order valence-corrected chi connectivity index (χ3v) is 4.89. The lowest BCUT2D eigenvalue weighted by molar-refractivity contribution is 0.243. The van der Waals surface area contributed by atoms with Crippen LogP contribution in [-0.2, 0) is 19.5 Å². The van der Waals surface area contributed by atoms with Crippen molar-refractivity contribution in [3.05, 3.63) is 76.6 Å². The highest BCUT2D eigenvalue weighted by Crippen LogP contribution is 2.22. The van der Waals surface area contributed by atoms with Gasteiger partial charge in [-0.25, -0.2) is 9.97 Å². The summed E-state index contributed by atoms with van der Waals surface area (Å²) in [5, 5.41) is 4.04. The Bertz CT molecular complexity index is 930. The van der Waals surface area contributed by atoms with Crippen LogP contribution >= 0.6 is 11.6 Å². The molecular weight excluding hydrogens is 384 g/mol. The highest BCUT2D eigenvalue weighted by molar-refractivity contribution is 6.30. The Morgan fingerprint density at radius 2 is 1.93 bits per heavy atom. The SMILES string of the molecule is CC.COc1ccc(Nc2ncc3c(n2)CCN(Cc2cccc(Cl)c2)C3)cc1. The van der Waals surface area contributed by atoms with Crippen LogP contribution in [0.25, 0.3) is 0 Å². The lowest BCUT2D eigenvalue weighted by atomic mass is 10.1. The van der Waals surface area contributed by atoms with Crippen molar-refractivity contribution in [2.75, 3.05) is 19.0 Å². The van der Waals surface area contributed by atoms with Crippen LogP contribution in [0.3, 0.4) is 0 Å². The second-order valence-electron chi connectivity index (χ2n) is 6.61. The van der Waals surface area contributed by atoms with Crippen molar-refractivity contribution in [2.24, 2.45) is 0 Å².